The Hall–Kier alpha value is -2.04. The second kappa shape index (κ2) is 5.48. The number of allylic oxidation sites excluding steroid dienone is 1. The molecule has 2 heterocycles. The van der Waals surface area contributed by atoms with Gasteiger partial charge in [-0.25, -0.2) is 0 Å². The summed E-state index contributed by atoms with van der Waals surface area (Å²) in [5, 5.41) is 4.90. The molecule has 124 valence electrons. The Bertz CT molecular complexity index is 1100. The van der Waals surface area contributed by atoms with E-state index in [9.17, 15) is 4.79 Å². The highest BCUT2D eigenvalue weighted by Gasteiger charge is 2.30. The highest BCUT2D eigenvalue weighted by atomic mass is 79.9. The maximum absolute atomic E-state index is 12.8. The predicted octanol–water partition coefficient (Wildman–Crippen LogP) is 4.65. The van der Waals surface area contributed by atoms with Crippen molar-refractivity contribution in [2.45, 2.75) is 13.0 Å². The summed E-state index contributed by atoms with van der Waals surface area (Å²) in [6, 6.07) is 14.3. The summed E-state index contributed by atoms with van der Waals surface area (Å²) >= 11 is 9.72. The Morgan fingerprint density at radius 3 is 2.88 bits per heavy atom. The lowest BCUT2D eigenvalue weighted by molar-refractivity contribution is -0.115. The van der Waals surface area contributed by atoms with Crippen molar-refractivity contribution < 1.29 is 4.79 Å². The minimum Gasteiger partial charge on any atom is -0.350 e. The first-order chi connectivity index (χ1) is 12.1. The number of amides is 1. The summed E-state index contributed by atoms with van der Waals surface area (Å²) in [5.41, 5.74) is 6.39. The van der Waals surface area contributed by atoms with Crippen LogP contribution in [-0.2, 0) is 17.8 Å². The zero-order valence-corrected chi connectivity index (χ0v) is 15.6. The SMILES string of the molecule is O=C1NCCn2c(cc3cc(Cl)ccc32)C2=C1c1ccc(Br)cc1C2. The molecule has 5 heteroatoms. The van der Waals surface area contributed by atoms with Gasteiger partial charge in [-0.05, 0) is 53.1 Å². The van der Waals surface area contributed by atoms with Crippen LogP contribution in [0.2, 0.25) is 5.02 Å². The Kier molecular flexibility index (Phi) is 3.34. The maximum atomic E-state index is 12.8. The summed E-state index contributed by atoms with van der Waals surface area (Å²) in [4.78, 5) is 12.8. The minimum absolute atomic E-state index is 0.0191. The van der Waals surface area contributed by atoms with Crippen LogP contribution in [0.5, 0.6) is 0 Å². The normalized spacial score (nSPS) is 16.2. The van der Waals surface area contributed by atoms with Gasteiger partial charge in [-0.15, -0.1) is 0 Å². The molecule has 1 aromatic heterocycles. The number of hydrogen-bond donors (Lipinski definition) is 1. The second-order valence-electron chi connectivity index (χ2n) is 6.47. The van der Waals surface area contributed by atoms with Gasteiger partial charge < -0.3 is 9.88 Å². The Morgan fingerprint density at radius 1 is 1.12 bits per heavy atom. The molecule has 0 unspecified atom stereocenters. The summed E-state index contributed by atoms with van der Waals surface area (Å²) in [6.45, 7) is 1.36. The summed E-state index contributed by atoms with van der Waals surface area (Å²) in [7, 11) is 0. The molecule has 3 nitrogen and oxygen atoms in total. The van der Waals surface area contributed by atoms with Gasteiger partial charge in [-0.3, -0.25) is 4.79 Å². The fraction of sp³-hybridized carbons (Fsp3) is 0.150. The van der Waals surface area contributed by atoms with Crippen molar-refractivity contribution in [3.05, 3.63) is 68.8 Å². The van der Waals surface area contributed by atoms with Gasteiger partial charge in [-0.1, -0.05) is 33.6 Å². The number of halogens is 2. The molecule has 0 fully saturated rings. The predicted molar refractivity (Wildman–Crippen MR) is 105 cm³/mol. The highest BCUT2D eigenvalue weighted by molar-refractivity contribution is 9.10. The Balaban J connectivity index is 1.80. The molecule has 0 radical (unpaired) electrons. The molecule has 2 aliphatic rings. The van der Waals surface area contributed by atoms with Crippen molar-refractivity contribution in [1.29, 1.82) is 0 Å². The molecular formula is C20H14BrClN2O. The van der Waals surface area contributed by atoms with Crippen molar-refractivity contribution in [3.63, 3.8) is 0 Å². The van der Waals surface area contributed by atoms with E-state index in [0.717, 1.165) is 55.8 Å². The van der Waals surface area contributed by atoms with Crippen LogP contribution in [0.1, 0.15) is 16.8 Å². The third kappa shape index (κ3) is 2.28. The minimum atomic E-state index is 0.0191. The van der Waals surface area contributed by atoms with Crippen LogP contribution in [-0.4, -0.2) is 17.0 Å². The molecular weight excluding hydrogens is 400 g/mol. The number of hydrogen-bond acceptors (Lipinski definition) is 1. The van der Waals surface area contributed by atoms with Crippen molar-refractivity contribution in [1.82, 2.24) is 9.88 Å². The average molecular weight is 414 g/mol. The van der Waals surface area contributed by atoms with Gasteiger partial charge in [-0.2, -0.15) is 0 Å². The van der Waals surface area contributed by atoms with E-state index in [2.05, 4.69) is 44.0 Å². The summed E-state index contributed by atoms with van der Waals surface area (Å²) in [6.07, 6.45) is 0.765. The van der Waals surface area contributed by atoms with E-state index in [1.165, 1.54) is 5.56 Å². The first kappa shape index (κ1) is 15.2. The van der Waals surface area contributed by atoms with E-state index >= 15 is 0 Å². The van der Waals surface area contributed by atoms with E-state index < -0.39 is 0 Å². The van der Waals surface area contributed by atoms with Crippen molar-refractivity contribution >= 4 is 55.5 Å². The topological polar surface area (TPSA) is 34.0 Å². The van der Waals surface area contributed by atoms with Gasteiger partial charge in [0, 0.05) is 45.6 Å². The molecule has 0 saturated heterocycles. The second-order valence-corrected chi connectivity index (χ2v) is 7.82. The van der Waals surface area contributed by atoms with Crippen molar-refractivity contribution in [2.75, 3.05) is 6.54 Å². The first-order valence-electron chi connectivity index (χ1n) is 8.21. The molecule has 0 saturated carbocycles. The molecule has 1 aliphatic heterocycles. The number of nitrogens with one attached hydrogen (secondary N) is 1. The summed E-state index contributed by atoms with van der Waals surface area (Å²) in [5.74, 6) is 0.0191. The fourth-order valence-electron chi connectivity index (χ4n) is 3.97. The van der Waals surface area contributed by atoms with Crippen LogP contribution in [0.3, 0.4) is 0 Å². The lowest BCUT2D eigenvalue weighted by Gasteiger charge is -2.18. The zero-order valence-electron chi connectivity index (χ0n) is 13.3. The monoisotopic (exact) mass is 412 g/mol. The number of carbonyl (C=O) groups is 1. The van der Waals surface area contributed by atoms with E-state index in [4.69, 9.17) is 11.6 Å². The lowest BCUT2D eigenvalue weighted by Crippen LogP contribution is -2.30. The smallest absolute Gasteiger partial charge is 0.252 e. The number of aromatic nitrogens is 1. The molecule has 1 amide bonds. The molecule has 2 aromatic carbocycles. The van der Waals surface area contributed by atoms with Crippen LogP contribution in [0, 0.1) is 0 Å². The molecule has 5 rings (SSSR count). The van der Waals surface area contributed by atoms with Gasteiger partial charge in [0.1, 0.15) is 0 Å². The van der Waals surface area contributed by atoms with Gasteiger partial charge in [0.05, 0.1) is 5.57 Å². The third-order valence-corrected chi connectivity index (χ3v) is 5.75. The van der Waals surface area contributed by atoms with Gasteiger partial charge in [0.2, 0.25) is 0 Å². The quantitative estimate of drug-likeness (QED) is 0.572. The number of nitrogens with zero attached hydrogens (tertiary/aromatic N) is 1. The van der Waals surface area contributed by atoms with Gasteiger partial charge in [0.15, 0.2) is 0 Å². The third-order valence-electron chi connectivity index (χ3n) is 5.03. The van der Waals surface area contributed by atoms with Gasteiger partial charge >= 0.3 is 0 Å². The fourth-order valence-corrected chi connectivity index (χ4v) is 4.56. The van der Waals surface area contributed by atoms with E-state index in [0.29, 0.717) is 6.54 Å². The first-order valence-corrected chi connectivity index (χ1v) is 9.38. The van der Waals surface area contributed by atoms with Crippen LogP contribution < -0.4 is 5.32 Å². The average Bonchev–Trinajstić information content (AvgIpc) is 3.10. The van der Waals surface area contributed by atoms with Crippen molar-refractivity contribution in [3.8, 4) is 0 Å². The molecule has 1 aliphatic carbocycles. The highest BCUT2D eigenvalue weighted by Crippen LogP contribution is 2.42. The standard InChI is InChI=1S/C20H14BrClN2O/c21-13-1-3-15-11(7-13)9-16-18-10-12-8-14(22)2-4-17(12)24(18)6-5-23-20(25)19(15)16/h1-4,7-8,10H,5-6,9H2,(H,23,25). The number of rotatable bonds is 0. The Morgan fingerprint density at radius 2 is 2.00 bits per heavy atom. The molecule has 0 atom stereocenters. The molecule has 25 heavy (non-hydrogen) atoms. The Labute approximate surface area is 158 Å². The number of benzene rings is 2. The maximum Gasteiger partial charge on any atom is 0.252 e. The van der Waals surface area contributed by atoms with Crippen LogP contribution in [0.15, 0.2) is 46.9 Å². The van der Waals surface area contributed by atoms with Crippen molar-refractivity contribution in [2.24, 2.45) is 0 Å². The van der Waals surface area contributed by atoms with Crippen LogP contribution >= 0.6 is 27.5 Å². The number of fused-ring (bicyclic) bond motifs is 6. The molecule has 3 aromatic rings. The van der Waals surface area contributed by atoms with E-state index in [-0.39, 0.29) is 5.91 Å². The van der Waals surface area contributed by atoms with E-state index in [1.807, 2.05) is 24.3 Å². The largest absolute Gasteiger partial charge is 0.350 e. The van der Waals surface area contributed by atoms with Gasteiger partial charge in [0.25, 0.3) is 5.91 Å². The summed E-state index contributed by atoms with van der Waals surface area (Å²) < 4.78 is 3.33. The molecule has 0 bridgehead atoms. The zero-order chi connectivity index (χ0) is 17.1. The molecule has 0 spiro atoms. The number of carbonyl (C=O) groups excluding carboxylic acids is 1. The molecule has 1 N–H and O–H groups in total. The van der Waals surface area contributed by atoms with Crippen LogP contribution in [0.25, 0.3) is 22.0 Å². The van der Waals surface area contributed by atoms with Crippen LogP contribution in [0.4, 0.5) is 0 Å². The van der Waals surface area contributed by atoms with E-state index in [1.54, 1.807) is 0 Å². The lowest BCUT2D eigenvalue weighted by atomic mass is 10.0.